The highest BCUT2D eigenvalue weighted by Gasteiger charge is 2.48. The number of carbonyl (C=O) groups excluding carboxylic acids is 2. The molecule has 0 aromatic heterocycles. The van der Waals surface area contributed by atoms with Crippen LogP contribution in [0.1, 0.15) is 31.4 Å². The van der Waals surface area contributed by atoms with Crippen LogP contribution in [0.5, 0.6) is 5.75 Å². The summed E-state index contributed by atoms with van der Waals surface area (Å²) in [6, 6.07) is 12.4. The van der Waals surface area contributed by atoms with Crippen molar-refractivity contribution in [3.05, 3.63) is 65.5 Å². The molecule has 26 heavy (non-hydrogen) atoms. The van der Waals surface area contributed by atoms with Crippen LogP contribution in [-0.2, 0) is 16.9 Å². The molecule has 0 aliphatic carbocycles. The van der Waals surface area contributed by atoms with E-state index >= 15 is 0 Å². The minimum absolute atomic E-state index is 0.162. The van der Waals surface area contributed by atoms with E-state index in [2.05, 4.69) is 5.32 Å². The third kappa shape index (κ3) is 3.40. The number of hydrogen-bond acceptors (Lipinski definition) is 3. The average Bonchev–Trinajstić information content (AvgIpc) is 2.85. The normalized spacial score (nSPS) is 19.6. The third-order valence-electron chi connectivity index (χ3n) is 4.43. The summed E-state index contributed by atoms with van der Waals surface area (Å²) in [5.74, 6) is 0.000675. The van der Waals surface area contributed by atoms with E-state index < -0.39 is 17.4 Å². The van der Waals surface area contributed by atoms with Crippen molar-refractivity contribution in [1.29, 1.82) is 0 Å². The Morgan fingerprint density at radius 1 is 1.08 bits per heavy atom. The molecule has 0 spiro atoms. The van der Waals surface area contributed by atoms with E-state index in [0.29, 0.717) is 12.2 Å². The van der Waals surface area contributed by atoms with Crippen LogP contribution in [0.4, 0.5) is 9.18 Å². The number of rotatable bonds is 6. The highest BCUT2D eigenvalue weighted by Crippen LogP contribution is 2.30. The van der Waals surface area contributed by atoms with Crippen molar-refractivity contribution in [2.45, 2.75) is 32.4 Å². The van der Waals surface area contributed by atoms with Gasteiger partial charge in [-0.05, 0) is 48.7 Å². The molecule has 1 atom stereocenters. The quantitative estimate of drug-likeness (QED) is 0.805. The van der Waals surface area contributed by atoms with Crippen molar-refractivity contribution >= 4 is 11.9 Å². The first-order chi connectivity index (χ1) is 12.4. The molecule has 3 rings (SSSR count). The highest BCUT2D eigenvalue weighted by atomic mass is 19.1. The molecular weight excluding hydrogens is 335 g/mol. The zero-order valence-corrected chi connectivity index (χ0v) is 14.8. The molecule has 5 nitrogen and oxygen atoms in total. The van der Waals surface area contributed by atoms with Gasteiger partial charge in [0.15, 0.2) is 0 Å². The number of carbonyl (C=O) groups is 2. The van der Waals surface area contributed by atoms with Gasteiger partial charge in [0, 0.05) is 0 Å². The summed E-state index contributed by atoms with van der Waals surface area (Å²) in [5, 5.41) is 2.72. The minimum atomic E-state index is -1.20. The van der Waals surface area contributed by atoms with E-state index in [9.17, 15) is 14.0 Å². The minimum Gasteiger partial charge on any atom is -0.494 e. The summed E-state index contributed by atoms with van der Waals surface area (Å²) < 4.78 is 18.7. The summed E-state index contributed by atoms with van der Waals surface area (Å²) in [6.45, 7) is 4.46. The molecule has 0 saturated carbocycles. The molecule has 2 aromatic rings. The lowest BCUT2D eigenvalue weighted by Gasteiger charge is -2.22. The number of ether oxygens (including phenoxy) is 1. The van der Waals surface area contributed by atoms with Crippen LogP contribution in [0.2, 0.25) is 0 Å². The average molecular weight is 356 g/mol. The fourth-order valence-corrected chi connectivity index (χ4v) is 2.91. The van der Waals surface area contributed by atoms with E-state index in [1.54, 1.807) is 6.92 Å². The van der Waals surface area contributed by atoms with Gasteiger partial charge in [-0.25, -0.2) is 9.18 Å². The van der Waals surface area contributed by atoms with Crippen molar-refractivity contribution < 1.29 is 18.7 Å². The maximum absolute atomic E-state index is 13.2. The number of hydrogen-bond donors (Lipinski definition) is 1. The highest BCUT2D eigenvalue weighted by molar-refractivity contribution is 6.07. The Bertz CT molecular complexity index is 805. The van der Waals surface area contributed by atoms with E-state index in [1.165, 1.54) is 29.2 Å². The van der Waals surface area contributed by atoms with E-state index in [1.807, 2.05) is 31.2 Å². The molecule has 1 N–H and O–H groups in total. The Balaban J connectivity index is 1.76. The number of benzene rings is 2. The summed E-state index contributed by atoms with van der Waals surface area (Å²) >= 11 is 0. The fraction of sp³-hybridized carbons (Fsp3) is 0.300. The smallest absolute Gasteiger partial charge is 0.325 e. The lowest BCUT2D eigenvalue weighted by atomic mass is 9.92. The zero-order chi connectivity index (χ0) is 18.7. The van der Waals surface area contributed by atoms with Gasteiger partial charge < -0.3 is 10.1 Å². The summed E-state index contributed by atoms with van der Waals surface area (Å²) in [6.07, 6.45) is 0.923. The fourth-order valence-electron chi connectivity index (χ4n) is 2.91. The first-order valence-corrected chi connectivity index (χ1v) is 8.56. The van der Waals surface area contributed by atoms with Crippen molar-refractivity contribution in [3.63, 3.8) is 0 Å². The molecule has 0 radical (unpaired) electrons. The van der Waals surface area contributed by atoms with Crippen molar-refractivity contribution in [3.8, 4) is 5.75 Å². The standard InChI is InChI=1S/C20H21FN2O3/c1-3-12-26-17-10-4-14(5-11-17)13-23-18(24)20(2,22-19(23)25)15-6-8-16(21)9-7-15/h4-11H,3,12-13H2,1-2H3,(H,22,25). The van der Waals surface area contributed by atoms with Gasteiger partial charge in [0.1, 0.15) is 17.1 Å². The zero-order valence-electron chi connectivity index (χ0n) is 14.8. The largest absolute Gasteiger partial charge is 0.494 e. The van der Waals surface area contributed by atoms with Gasteiger partial charge in [0.25, 0.3) is 5.91 Å². The Morgan fingerprint density at radius 2 is 1.73 bits per heavy atom. The molecule has 1 saturated heterocycles. The second-order valence-corrected chi connectivity index (χ2v) is 6.45. The molecule has 1 fully saturated rings. The SMILES string of the molecule is CCCOc1ccc(CN2C(=O)NC(C)(c3ccc(F)cc3)C2=O)cc1. The van der Waals surface area contributed by atoms with Crippen LogP contribution >= 0.6 is 0 Å². The molecule has 0 bridgehead atoms. The molecule has 2 aromatic carbocycles. The molecule has 1 heterocycles. The molecule has 1 unspecified atom stereocenters. The lowest BCUT2D eigenvalue weighted by Crippen LogP contribution is -2.40. The van der Waals surface area contributed by atoms with E-state index in [-0.39, 0.29) is 12.5 Å². The van der Waals surface area contributed by atoms with Crippen LogP contribution in [-0.4, -0.2) is 23.4 Å². The van der Waals surface area contributed by atoms with Crippen LogP contribution in [0, 0.1) is 5.82 Å². The second kappa shape index (κ2) is 7.15. The lowest BCUT2D eigenvalue weighted by molar-refractivity contribution is -0.131. The number of urea groups is 1. The van der Waals surface area contributed by atoms with Crippen LogP contribution in [0.3, 0.4) is 0 Å². The predicted molar refractivity (Wildman–Crippen MR) is 95.1 cm³/mol. The predicted octanol–water partition coefficient (Wildman–Crippen LogP) is 3.58. The summed E-state index contributed by atoms with van der Waals surface area (Å²) in [5.41, 5.74) is 0.165. The Morgan fingerprint density at radius 3 is 2.35 bits per heavy atom. The molecular formula is C20H21FN2O3. The van der Waals surface area contributed by atoms with Crippen molar-refractivity contribution in [2.75, 3.05) is 6.61 Å². The van der Waals surface area contributed by atoms with Crippen LogP contribution in [0.15, 0.2) is 48.5 Å². The van der Waals surface area contributed by atoms with Crippen molar-refractivity contribution in [2.24, 2.45) is 0 Å². The second-order valence-electron chi connectivity index (χ2n) is 6.45. The van der Waals surface area contributed by atoms with Gasteiger partial charge in [-0.3, -0.25) is 9.69 Å². The number of halogens is 1. The van der Waals surface area contributed by atoms with Gasteiger partial charge in [-0.15, -0.1) is 0 Å². The van der Waals surface area contributed by atoms with Gasteiger partial charge in [-0.1, -0.05) is 31.2 Å². The molecule has 6 heteroatoms. The summed E-state index contributed by atoms with van der Waals surface area (Å²) in [7, 11) is 0. The van der Waals surface area contributed by atoms with Gasteiger partial charge in [-0.2, -0.15) is 0 Å². The molecule has 1 aliphatic heterocycles. The first kappa shape index (κ1) is 17.9. The van der Waals surface area contributed by atoms with Gasteiger partial charge in [0.05, 0.1) is 13.2 Å². The third-order valence-corrected chi connectivity index (χ3v) is 4.43. The Labute approximate surface area is 151 Å². The monoisotopic (exact) mass is 356 g/mol. The maximum Gasteiger partial charge on any atom is 0.325 e. The van der Waals surface area contributed by atoms with Gasteiger partial charge in [0.2, 0.25) is 0 Å². The van der Waals surface area contributed by atoms with E-state index in [4.69, 9.17) is 4.74 Å². The maximum atomic E-state index is 13.2. The van der Waals surface area contributed by atoms with Crippen LogP contribution < -0.4 is 10.1 Å². The van der Waals surface area contributed by atoms with E-state index in [0.717, 1.165) is 17.7 Å². The Hall–Kier alpha value is -2.89. The Kier molecular flexibility index (Phi) is 4.93. The van der Waals surface area contributed by atoms with Gasteiger partial charge >= 0.3 is 6.03 Å². The number of nitrogens with zero attached hydrogens (tertiary/aromatic N) is 1. The molecule has 136 valence electrons. The first-order valence-electron chi connectivity index (χ1n) is 8.56. The number of imide groups is 1. The van der Waals surface area contributed by atoms with Crippen LogP contribution in [0.25, 0.3) is 0 Å². The number of amides is 3. The molecule has 3 amide bonds. The topological polar surface area (TPSA) is 58.6 Å². The molecule has 1 aliphatic rings. The number of nitrogens with one attached hydrogen (secondary N) is 1. The van der Waals surface area contributed by atoms with Crippen molar-refractivity contribution in [1.82, 2.24) is 10.2 Å². The summed E-state index contributed by atoms with van der Waals surface area (Å²) in [4.78, 5) is 26.4.